The van der Waals surface area contributed by atoms with Crippen molar-refractivity contribution in [3.8, 4) is 0 Å². The van der Waals surface area contributed by atoms with E-state index in [0.717, 1.165) is 32.1 Å². The second kappa shape index (κ2) is 6.72. The molecule has 0 radical (unpaired) electrons. The van der Waals surface area contributed by atoms with Crippen LogP contribution in [0.5, 0.6) is 0 Å². The van der Waals surface area contributed by atoms with Crippen LogP contribution in [0, 0.1) is 23.7 Å². The van der Waals surface area contributed by atoms with Gasteiger partial charge in [-0.05, 0) is 43.4 Å². The zero-order chi connectivity index (χ0) is 16.6. The molecule has 0 aromatic carbocycles. The monoisotopic (exact) mass is 324 g/mol. The molecule has 1 heterocycles. The van der Waals surface area contributed by atoms with Gasteiger partial charge in [-0.2, -0.15) is 0 Å². The van der Waals surface area contributed by atoms with Crippen LogP contribution in [0.4, 0.5) is 0 Å². The molecule has 0 bridgehead atoms. The molecular weight excluding hydrogens is 292 g/mol. The van der Waals surface area contributed by atoms with E-state index in [2.05, 4.69) is 20.8 Å². The lowest BCUT2D eigenvalue weighted by atomic mass is 9.75. The molecule has 132 valence electrons. The predicted octanol–water partition coefficient (Wildman–Crippen LogP) is 3.66. The van der Waals surface area contributed by atoms with Crippen molar-refractivity contribution in [1.29, 1.82) is 0 Å². The van der Waals surface area contributed by atoms with Crippen molar-refractivity contribution >= 4 is 5.97 Å². The van der Waals surface area contributed by atoms with E-state index in [4.69, 9.17) is 9.47 Å². The summed E-state index contributed by atoms with van der Waals surface area (Å²) in [5, 5.41) is 10.9. The van der Waals surface area contributed by atoms with E-state index < -0.39 is 11.9 Å². The van der Waals surface area contributed by atoms with Crippen LogP contribution in [0.3, 0.4) is 0 Å². The summed E-state index contributed by atoms with van der Waals surface area (Å²) in [6, 6.07) is 0. The molecule has 1 saturated heterocycles. The maximum atomic E-state index is 11.9. The summed E-state index contributed by atoms with van der Waals surface area (Å²) in [7, 11) is 0. The summed E-state index contributed by atoms with van der Waals surface area (Å²) in [6.45, 7) is 6.77. The van der Waals surface area contributed by atoms with Gasteiger partial charge in [0.15, 0.2) is 0 Å². The Hall–Kier alpha value is -0.610. The first-order valence-corrected chi connectivity index (χ1v) is 9.46. The van der Waals surface area contributed by atoms with E-state index in [1.54, 1.807) is 0 Å². The molecule has 0 aromatic rings. The average molecular weight is 324 g/mol. The van der Waals surface area contributed by atoms with Gasteiger partial charge in [-0.15, -0.1) is 0 Å². The van der Waals surface area contributed by atoms with Gasteiger partial charge in [0, 0.05) is 0 Å². The molecule has 2 aliphatic carbocycles. The van der Waals surface area contributed by atoms with Gasteiger partial charge in [0.25, 0.3) is 0 Å². The van der Waals surface area contributed by atoms with Gasteiger partial charge in [-0.25, -0.2) is 0 Å². The smallest absolute Gasteiger partial charge is 0.308 e. The lowest BCUT2D eigenvalue weighted by Gasteiger charge is -2.40. The van der Waals surface area contributed by atoms with Crippen molar-refractivity contribution in [2.75, 3.05) is 0 Å². The number of carbonyl (C=O) groups excluding carboxylic acids is 1. The minimum atomic E-state index is -0.773. The maximum absolute atomic E-state index is 11.9. The molecular formula is C19H32O4. The number of ether oxygens (including phenoxy) is 2. The summed E-state index contributed by atoms with van der Waals surface area (Å²) in [4.78, 5) is 11.9. The minimum Gasteiger partial charge on any atom is -0.435 e. The zero-order valence-electron chi connectivity index (χ0n) is 14.8. The van der Waals surface area contributed by atoms with Crippen LogP contribution in [0.2, 0.25) is 0 Å². The van der Waals surface area contributed by atoms with Crippen molar-refractivity contribution in [2.45, 2.75) is 90.1 Å². The van der Waals surface area contributed by atoms with Crippen molar-refractivity contribution in [2.24, 2.45) is 23.7 Å². The molecule has 3 fully saturated rings. The first-order valence-electron chi connectivity index (χ1n) is 9.46. The van der Waals surface area contributed by atoms with Crippen LogP contribution >= 0.6 is 0 Å². The van der Waals surface area contributed by atoms with Crippen LogP contribution in [-0.2, 0) is 14.3 Å². The third kappa shape index (κ3) is 3.58. The summed E-state index contributed by atoms with van der Waals surface area (Å²) in [5.41, 5.74) is -0.773. The summed E-state index contributed by atoms with van der Waals surface area (Å²) in [5.74, 6) is 1.33. The van der Waals surface area contributed by atoms with E-state index in [1.807, 2.05) is 0 Å². The quantitative estimate of drug-likeness (QED) is 0.802. The van der Waals surface area contributed by atoms with Crippen molar-refractivity contribution in [3.05, 3.63) is 0 Å². The Labute approximate surface area is 139 Å². The highest BCUT2D eigenvalue weighted by atomic mass is 16.7. The molecule has 4 heteroatoms. The molecule has 0 amide bonds. The zero-order valence-corrected chi connectivity index (χ0v) is 14.8. The number of hydrogen-bond acceptors (Lipinski definition) is 4. The highest BCUT2D eigenvalue weighted by Crippen LogP contribution is 2.45. The fourth-order valence-corrected chi connectivity index (χ4v) is 4.90. The standard InChI is InChI=1S/C19H32O4/c1-12(2)14-7-6-13(3)10-16(14)22-18-15(11-17(20)23-18)19(21)8-4-5-9-19/h12-16,18,21H,4-11H2,1-3H3/t13-,14+,15-,16-,18-/m1/s1. The Balaban J connectivity index is 1.72. The third-order valence-electron chi connectivity index (χ3n) is 6.39. The second-order valence-corrected chi connectivity index (χ2v) is 8.48. The lowest BCUT2D eigenvalue weighted by Crippen LogP contribution is -2.44. The first kappa shape index (κ1) is 17.2. The Kier molecular flexibility index (Phi) is 5.03. The number of carbonyl (C=O) groups is 1. The van der Waals surface area contributed by atoms with Gasteiger partial charge in [0.2, 0.25) is 6.29 Å². The Bertz CT molecular complexity index is 427. The van der Waals surface area contributed by atoms with Gasteiger partial charge in [0.1, 0.15) is 0 Å². The second-order valence-electron chi connectivity index (χ2n) is 8.48. The van der Waals surface area contributed by atoms with Crippen LogP contribution in [-0.4, -0.2) is 29.1 Å². The van der Waals surface area contributed by atoms with Crippen molar-refractivity contribution in [3.63, 3.8) is 0 Å². The first-order chi connectivity index (χ1) is 10.9. The summed E-state index contributed by atoms with van der Waals surface area (Å²) in [6.07, 6.45) is 6.94. The van der Waals surface area contributed by atoms with Gasteiger partial charge in [-0.1, -0.05) is 40.0 Å². The van der Waals surface area contributed by atoms with E-state index in [1.165, 1.54) is 12.8 Å². The van der Waals surface area contributed by atoms with Crippen LogP contribution in [0.25, 0.3) is 0 Å². The van der Waals surface area contributed by atoms with Crippen molar-refractivity contribution in [1.82, 2.24) is 0 Å². The topological polar surface area (TPSA) is 55.8 Å². The lowest BCUT2D eigenvalue weighted by molar-refractivity contribution is -0.213. The van der Waals surface area contributed by atoms with Gasteiger partial charge in [0.05, 0.1) is 24.0 Å². The van der Waals surface area contributed by atoms with Crippen LogP contribution in [0.1, 0.15) is 72.1 Å². The number of esters is 1. The molecule has 4 nitrogen and oxygen atoms in total. The van der Waals surface area contributed by atoms with Crippen LogP contribution < -0.4 is 0 Å². The average Bonchev–Trinajstić information content (AvgIpc) is 3.06. The van der Waals surface area contributed by atoms with Crippen molar-refractivity contribution < 1.29 is 19.4 Å². The summed E-state index contributed by atoms with van der Waals surface area (Å²) < 4.78 is 11.9. The van der Waals surface area contributed by atoms with Gasteiger partial charge in [-0.3, -0.25) is 4.79 Å². The molecule has 0 spiro atoms. The molecule has 5 atom stereocenters. The number of aliphatic hydroxyl groups is 1. The fourth-order valence-electron chi connectivity index (χ4n) is 4.90. The molecule has 1 N–H and O–H groups in total. The predicted molar refractivity (Wildman–Crippen MR) is 87.6 cm³/mol. The Morgan fingerprint density at radius 2 is 1.96 bits per heavy atom. The molecule has 1 aliphatic heterocycles. The van der Waals surface area contributed by atoms with Gasteiger partial charge >= 0.3 is 5.97 Å². The molecule has 23 heavy (non-hydrogen) atoms. The third-order valence-corrected chi connectivity index (χ3v) is 6.39. The molecule has 3 rings (SSSR count). The minimum absolute atomic E-state index is 0.141. The Morgan fingerprint density at radius 1 is 1.26 bits per heavy atom. The van der Waals surface area contributed by atoms with E-state index in [0.29, 0.717) is 24.2 Å². The molecule has 2 saturated carbocycles. The maximum Gasteiger partial charge on any atom is 0.308 e. The molecule has 0 aromatic heterocycles. The highest BCUT2D eigenvalue weighted by molar-refractivity contribution is 5.72. The van der Waals surface area contributed by atoms with Gasteiger partial charge < -0.3 is 14.6 Å². The SMILES string of the molecule is CC(C)[C@@H]1CC[C@@H](C)C[C@H]1O[C@@H]1OC(=O)C[C@H]1C1(O)CCCC1. The Morgan fingerprint density at radius 3 is 2.61 bits per heavy atom. The van der Waals surface area contributed by atoms with E-state index >= 15 is 0 Å². The van der Waals surface area contributed by atoms with E-state index in [9.17, 15) is 9.90 Å². The molecule has 3 aliphatic rings. The largest absolute Gasteiger partial charge is 0.435 e. The summed E-state index contributed by atoms with van der Waals surface area (Å²) >= 11 is 0. The molecule has 0 unspecified atom stereocenters. The number of rotatable bonds is 4. The van der Waals surface area contributed by atoms with Crippen LogP contribution in [0.15, 0.2) is 0 Å². The highest BCUT2D eigenvalue weighted by Gasteiger charge is 2.51. The normalized spacial score (nSPS) is 40.6. The number of cyclic esters (lactones) is 1. The number of hydrogen-bond donors (Lipinski definition) is 1. The fraction of sp³-hybridized carbons (Fsp3) is 0.947. The van der Waals surface area contributed by atoms with E-state index in [-0.39, 0.29) is 18.0 Å².